The maximum atomic E-state index is 12.8. The SMILES string of the molecule is CCCOC(=O)[C@H](CCc1ccccc1)N[C@@H](C)C(=O)N1CCC[C@H]1C(=O)O. The number of hydrogen-bond donors (Lipinski definition) is 2. The van der Waals surface area contributed by atoms with E-state index >= 15 is 0 Å². The minimum atomic E-state index is -0.985. The van der Waals surface area contributed by atoms with E-state index in [1.165, 1.54) is 4.90 Å². The van der Waals surface area contributed by atoms with Crippen LogP contribution in [-0.4, -0.2) is 59.1 Å². The third kappa shape index (κ3) is 6.05. The highest BCUT2D eigenvalue weighted by atomic mass is 16.5. The first kappa shape index (κ1) is 21.9. The van der Waals surface area contributed by atoms with Gasteiger partial charge in [-0.15, -0.1) is 0 Å². The molecular weight excluding hydrogens is 360 g/mol. The first-order valence-corrected chi connectivity index (χ1v) is 9.94. The highest BCUT2D eigenvalue weighted by molar-refractivity contribution is 5.88. The minimum Gasteiger partial charge on any atom is -0.480 e. The topological polar surface area (TPSA) is 95.9 Å². The molecule has 0 aromatic heterocycles. The molecule has 1 saturated heterocycles. The van der Waals surface area contributed by atoms with Crippen LogP contribution in [0.15, 0.2) is 30.3 Å². The summed E-state index contributed by atoms with van der Waals surface area (Å²) in [7, 11) is 0. The van der Waals surface area contributed by atoms with Gasteiger partial charge in [-0.1, -0.05) is 37.3 Å². The number of esters is 1. The summed E-state index contributed by atoms with van der Waals surface area (Å²) in [6, 6.07) is 7.72. The average molecular weight is 390 g/mol. The third-order valence-electron chi connectivity index (χ3n) is 4.94. The summed E-state index contributed by atoms with van der Waals surface area (Å²) in [6.45, 7) is 4.35. The van der Waals surface area contributed by atoms with Gasteiger partial charge < -0.3 is 14.7 Å². The first-order chi connectivity index (χ1) is 13.4. The van der Waals surface area contributed by atoms with Gasteiger partial charge in [-0.2, -0.15) is 0 Å². The molecule has 154 valence electrons. The fourth-order valence-corrected chi connectivity index (χ4v) is 3.44. The van der Waals surface area contributed by atoms with Crippen LogP contribution in [0, 0.1) is 0 Å². The maximum Gasteiger partial charge on any atom is 0.326 e. The third-order valence-corrected chi connectivity index (χ3v) is 4.94. The van der Waals surface area contributed by atoms with E-state index in [0.717, 1.165) is 12.0 Å². The molecule has 1 aromatic carbocycles. The van der Waals surface area contributed by atoms with E-state index < -0.39 is 24.1 Å². The van der Waals surface area contributed by atoms with Crippen LogP contribution >= 0.6 is 0 Å². The van der Waals surface area contributed by atoms with E-state index in [9.17, 15) is 19.5 Å². The number of carbonyl (C=O) groups excluding carboxylic acids is 2. The van der Waals surface area contributed by atoms with Crippen LogP contribution in [0.5, 0.6) is 0 Å². The fraction of sp³-hybridized carbons (Fsp3) is 0.571. The van der Waals surface area contributed by atoms with Crippen LogP contribution < -0.4 is 5.32 Å². The van der Waals surface area contributed by atoms with Gasteiger partial charge in [0.25, 0.3) is 0 Å². The summed E-state index contributed by atoms with van der Waals surface area (Å²) in [5.74, 6) is -1.66. The van der Waals surface area contributed by atoms with Gasteiger partial charge in [0.2, 0.25) is 5.91 Å². The monoisotopic (exact) mass is 390 g/mol. The number of amides is 1. The van der Waals surface area contributed by atoms with Crippen molar-refractivity contribution in [1.82, 2.24) is 10.2 Å². The van der Waals surface area contributed by atoms with Crippen LogP contribution in [0.3, 0.4) is 0 Å². The summed E-state index contributed by atoms with van der Waals surface area (Å²) in [5.41, 5.74) is 1.10. The summed E-state index contributed by atoms with van der Waals surface area (Å²) in [6.07, 6.45) is 3.02. The van der Waals surface area contributed by atoms with Gasteiger partial charge in [0.05, 0.1) is 12.6 Å². The van der Waals surface area contributed by atoms with Gasteiger partial charge in [0, 0.05) is 6.54 Å². The molecule has 0 radical (unpaired) electrons. The van der Waals surface area contributed by atoms with Crippen LogP contribution in [-0.2, 0) is 25.5 Å². The molecule has 0 spiro atoms. The number of ether oxygens (including phenoxy) is 1. The molecule has 2 N–H and O–H groups in total. The smallest absolute Gasteiger partial charge is 0.326 e. The Morgan fingerprint density at radius 2 is 2.00 bits per heavy atom. The number of aliphatic carboxylic acids is 1. The molecule has 2 rings (SSSR count). The van der Waals surface area contributed by atoms with E-state index in [1.807, 2.05) is 37.3 Å². The number of aryl methyl sites for hydroxylation is 1. The van der Waals surface area contributed by atoms with Crippen molar-refractivity contribution >= 4 is 17.8 Å². The highest BCUT2D eigenvalue weighted by Gasteiger charge is 2.36. The summed E-state index contributed by atoms with van der Waals surface area (Å²) < 4.78 is 5.29. The second-order valence-corrected chi connectivity index (χ2v) is 7.16. The van der Waals surface area contributed by atoms with Crippen molar-refractivity contribution in [3.8, 4) is 0 Å². The number of nitrogens with zero attached hydrogens (tertiary/aromatic N) is 1. The molecule has 1 aliphatic rings. The lowest BCUT2D eigenvalue weighted by Crippen LogP contribution is -2.53. The molecule has 1 fully saturated rings. The Kier molecular flexibility index (Phi) is 8.44. The predicted octanol–water partition coefficient (Wildman–Crippen LogP) is 1.99. The van der Waals surface area contributed by atoms with Gasteiger partial charge in [-0.25, -0.2) is 4.79 Å². The Morgan fingerprint density at radius 1 is 1.29 bits per heavy atom. The highest BCUT2D eigenvalue weighted by Crippen LogP contribution is 2.19. The van der Waals surface area contributed by atoms with E-state index in [1.54, 1.807) is 6.92 Å². The van der Waals surface area contributed by atoms with Crippen molar-refractivity contribution in [3.05, 3.63) is 35.9 Å². The lowest BCUT2D eigenvalue weighted by molar-refractivity contribution is -0.150. The molecule has 1 aromatic rings. The average Bonchev–Trinajstić information content (AvgIpc) is 3.19. The van der Waals surface area contributed by atoms with Crippen LogP contribution in [0.2, 0.25) is 0 Å². The molecule has 1 amide bonds. The number of carbonyl (C=O) groups is 3. The van der Waals surface area contributed by atoms with Crippen LogP contribution in [0.1, 0.15) is 45.1 Å². The quantitative estimate of drug-likeness (QED) is 0.593. The number of carboxylic acid groups (broad SMARTS) is 1. The number of hydrogen-bond acceptors (Lipinski definition) is 5. The van der Waals surface area contributed by atoms with Crippen molar-refractivity contribution < 1.29 is 24.2 Å². The lowest BCUT2D eigenvalue weighted by Gasteiger charge is -2.27. The van der Waals surface area contributed by atoms with E-state index in [2.05, 4.69) is 5.32 Å². The summed E-state index contributed by atoms with van der Waals surface area (Å²) in [4.78, 5) is 38.0. The maximum absolute atomic E-state index is 12.8. The molecule has 0 unspecified atom stereocenters. The molecule has 7 nitrogen and oxygen atoms in total. The fourth-order valence-electron chi connectivity index (χ4n) is 3.44. The predicted molar refractivity (Wildman–Crippen MR) is 105 cm³/mol. The molecular formula is C21H30N2O5. The zero-order valence-corrected chi connectivity index (χ0v) is 16.6. The van der Waals surface area contributed by atoms with Gasteiger partial charge in [0.1, 0.15) is 12.1 Å². The standard InChI is InChI=1S/C21H30N2O5/c1-3-14-28-21(27)17(12-11-16-8-5-4-6-9-16)22-15(2)19(24)23-13-7-10-18(23)20(25)26/h4-6,8-9,15,17-18,22H,3,7,10-14H2,1-2H3,(H,25,26)/t15-,17-,18-/m0/s1. The number of likely N-dealkylation sites (tertiary alicyclic amines) is 1. The second-order valence-electron chi connectivity index (χ2n) is 7.16. The van der Waals surface area contributed by atoms with Crippen molar-refractivity contribution in [2.45, 2.75) is 64.1 Å². The lowest BCUT2D eigenvalue weighted by atomic mass is 10.0. The molecule has 1 heterocycles. The molecule has 0 bridgehead atoms. The van der Waals surface area contributed by atoms with Crippen molar-refractivity contribution in [2.24, 2.45) is 0 Å². The Balaban J connectivity index is 2.01. The molecule has 0 aliphatic carbocycles. The van der Waals surface area contributed by atoms with Gasteiger partial charge in [0.15, 0.2) is 0 Å². The number of benzene rings is 1. The zero-order chi connectivity index (χ0) is 20.5. The minimum absolute atomic E-state index is 0.294. The van der Waals surface area contributed by atoms with Gasteiger partial charge in [-0.3, -0.25) is 14.9 Å². The van der Waals surface area contributed by atoms with E-state index in [-0.39, 0.29) is 11.9 Å². The van der Waals surface area contributed by atoms with Crippen LogP contribution in [0.4, 0.5) is 0 Å². The summed E-state index contributed by atoms with van der Waals surface area (Å²) in [5, 5.41) is 12.4. The Bertz CT molecular complexity index is 664. The Labute approximate surface area is 166 Å². The molecule has 7 heteroatoms. The van der Waals surface area contributed by atoms with Crippen molar-refractivity contribution in [1.29, 1.82) is 0 Å². The normalized spacial score (nSPS) is 18.5. The van der Waals surface area contributed by atoms with E-state index in [0.29, 0.717) is 38.8 Å². The van der Waals surface area contributed by atoms with E-state index in [4.69, 9.17) is 4.74 Å². The van der Waals surface area contributed by atoms with Gasteiger partial charge in [-0.05, 0) is 44.6 Å². The largest absolute Gasteiger partial charge is 0.480 e. The van der Waals surface area contributed by atoms with Crippen molar-refractivity contribution in [3.63, 3.8) is 0 Å². The molecule has 0 saturated carbocycles. The zero-order valence-electron chi connectivity index (χ0n) is 16.6. The Hall–Kier alpha value is -2.41. The Morgan fingerprint density at radius 3 is 2.64 bits per heavy atom. The van der Waals surface area contributed by atoms with Gasteiger partial charge >= 0.3 is 11.9 Å². The second kappa shape index (κ2) is 10.8. The molecule has 28 heavy (non-hydrogen) atoms. The number of carboxylic acids is 1. The summed E-state index contributed by atoms with van der Waals surface area (Å²) >= 11 is 0. The molecule has 1 aliphatic heterocycles. The molecule has 3 atom stereocenters. The van der Waals surface area contributed by atoms with Crippen molar-refractivity contribution in [2.75, 3.05) is 13.2 Å². The number of nitrogens with one attached hydrogen (secondary N) is 1. The number of rotatable bonds is 10. The van der Waals surface area contributed by atoms with Crippen LogP contribution in [0.25, 0.3) is 0 Å². The first-order valence-electron chi connectivity index (χ1n) is 9.94.